The van der Waals surface area contributed by atoms with Crippen LogP contribution in [0, 0.1) is 6.92 Å². The molecule has 5 N–H and O–H groups in total. The van der Waals surface area contributed by atoms with Gasteiger partial charge in [-0.2, -0.15) is 13.2 Å². The molecule has 0 bridgehead atoms. The minimum absolute atomic E-state index is 0.793. The number of nitrogens with two attached hydrogens (primary N) is 1. The Kier molecular flexibility index (Phi) is 8.31. The number of fused-ring (bicyclic) bond motifs is 1. The van der Waals surface area contributed by atoms with Gasteiger partial charge in [0.25, 0.3) is 0 Å². The summed E-state index contributed by atoms with van der Waals surface area (Å²) in [5.41, 5.74) is 15.9. The maximum absolute atomic E-state index is 10.6. The molecule has 4 aromatic carbocycles. The van der Waals surface area contributed by atoms with Crippen LogP contribution in [0.15, 0.2) is 91.0 Å². The van der Waals surface area contributed by atoms with Crippen LogP contribution in [0.2, 0.25) is 0 Å². The van der Waals surface area contributed by atoms with Crippen molar-refractivity contribution in [2.75, 3.05) is 5.73 Å². The number of aromatic nitrogens is 2. The number of H-pyrrole nitrogens is 1. The Bertz CT molecular complexity index is 1580. The van der Waals surface area contributed by atoms with Crippen molar-refractivity contribution >= 4 is 22.7 Å². The lowest BCUT2D eigenvalue weighted by Gasteiger charge is -2.09. The van der Waals surface area contributed by atoms with Crippen LogP contribution in [0.25, 0.3) is 33.5 Å². The first kappa shape index (κ1) is 27.4. The third kappa shape index (κ3) is 7.24. The molecule has 0 fully saturated rings. The zero-order chi connectivity index (χ0) is 28.0. The Morgan fingerprint density at radius 2 is 1.46 bits per heavy atom. The second-order valence-corrected chi connectivity index (χ2v) is 8.99. The number of aryl methyl sites for hydroxylation is 1. The fraction of sp³-hybridized carbons (Fsp3) is 0.133. The molecule has 0 aliphatic rings. The van der Waals surface area contributed by atoms with E-state index >= 15 is 0 Å². The second-order valence-electron chi connectivity index (χ2n) is 8.99. The number of benzene rings is 4. The zero-order valence-corrected chi connectivity index (χ0v) is 21.1. The number of nitrogens with zero attached hydrogens (tertiary/aromatic N) is 1. The number of alkyl halides is 3. The van der Waals surface area contributed by atoms with Crippen molar-refractivity contribution in [1.82, 2.24) is 15.3 Å². The molecular weight excluding hydrogens is 505 g/mol. The van der Waals surface area contributed by atoms with E-state index in [2.05, 4.69) is 90.0 Å². The summed E-state index contributed by atoms with van der Waals surface area (Å²) < 4.78 is 31.7. The van der Waals surface area contributed by atoms with Crippen LogP contribution < -0.4 is 11.1 Å². The highest BCUT2D eigenvalue weighted by molar-refractivity contribution is 5.82. The van der Waals surface area contributed by atoms with Gasteiger partial charge in [-0.3, -0.25) is 0 Å². The van der Waals surface area contributed by atoms with Crippen LogP contribution in [0.1, 0.15) is 16.7 Å². The lowest BCUT2D eigenvalue weighted by molar-refractivity contribution is -0.192. The number of carboxylic acid groups (broad SMARTS) is 1. The number of para-hydroxylation sites is 1. The number of carboxylic acids is 1. The lowest BCUT2D eigenvalue weighted by Crippen LogP contribution is -2.21. The monoisotopic (exact) mass is 532 g/mol. The average molecular weight is 533 g/mol. The van der Waals surface area contributed by atoms with Gasteiger partial charge < -0.3 is 21.1 Å². The van der Waals surface area contributed by atoms with Gasteiger partial charge in [-0.1, -0.05) is 66.7 Å². The van der Waals surface area contributed by atoms with Gasteiger partial charge in [0.15, 0.2) is 0 Å². The van der Waals surface area contributed by atoms with E-state index in [1.807, 2.05) is 18.2 Å². The van der Waals surface area contributed by atoms with Crippen molar-refractivity contribution in [2.24, 2.45) is 0 Å². The van der Waals surface area contributed by atoms with Crippen molar-refractivity contribution in [2.45, 2.75) is 26.2 Å². The van der Waals surface area contributed by atoms with Crippen molar-refractivity contribution in [3.8, 4) is 22.5 Å². The van der Waals surface area contributed by atoms with Crippen LogP contribution in [0.5, 0.6) is 0 Å². The van der Waals surface area contributed by atoms with Crippen LogP contribution >= 0.6 is 0 Å². The minimum atomic E-state index is -5.08. The highest BCUT2D eigenvalue weighted by atomic mass is 19.4. The Morgan fingerprint density at radius 1 is 0.872 bits per heavy atom. The molecule has 9 heteroatoms. The first-order chi connectivity index (χ1) is 18.6. The second kappa shape index (κ2) is 11.8. The van der Waals surface area contributed by atoms with Crippen molar-refractivity contribution in [1.29, 1.82) is 0 Å². The molecule has 0 radical (unpaired) electrons. The van der Waals surface area contributed by atoms with Crippen molar-refractivity contribution < 1.29 is 23.1 Å². The molecule has 0 aliphatic heterocycles. The van der Waals surface area contributed by atoms with Gasteiger partial charge in [0.05, 0.1) is 11.0 Å². The normalized spacial score (nSPS) is 11.2. The number of imidazole rings is 1. The van der Waals surface area contributed by atoms with E-state index in [4.69, 9.17) is 20.6 Å². The Hall–Kier alpha value is -4.63. The number of nitrogen functional groups attached to an aromatic ring is 1. The van der Waals surface area contributed by atoms with Crippen molar-refractivity contribution in [3.05, 3.63) is 108 Å². The molecule has 0 saturated carbocycles. The predicted octanol–water partition coefficient (Wildman–Crippen LogP) is 6.71. The molecule has 1 heterocycles. The average Bonchev–Trinajstić information content (AvgIpc) is 3.35. The zero-order valence-electron chi connectivity index (χ0n) is 21.1. The fourth-order valence-corrected chi connectivity index (χ4v) is 4.05. The van der Waals surface area contributed by atoms with Crippen molar-refractivity contribution in [3.63, 3.8) is 0 Å². The quantitative estimate of drug-likeness (QED) is 0.182. The number of nitrogens with one attached hydrogen (secondary N) is 2. The number of halogens is 3. The first-order valence-corrected chi connectivity index (χ1v) is 12.1. The Balaban J connectivity index is 0.000000448. The summed E-state index contributed by atoms with van der Waals surface area (Å²) in [6.45, 7) is 3.69. The molecule has 6 nitrogen and oxygen atoms in total. The molecule has 39 heavy (non-hydrogen) atoms. The molecule has 1 aromatic heterocycles. The standard InChI is InChI=1S/C28H26N4.C2HF3O2/c1-19-5-2-10-26-27(19)32-28(31-26)23-13-11-22(12-14-23)24-8-3-6-20(15-24)17-30-18-21-7-4-9-25(29)16-21;3-2(4,5)1(6)7/h2-16,30H,17-18,29H2,1H3,(H,31,32);(H,6,7). The van der Waals surface area contributed by atoms with Crippen LogP contribution in [0.4, 0.5) is 18.9 Å². The van der Waals surface area contributed by atoms with Crippen LogP contribution in [-0.2, 0) is 17.9 Å². The number of anilines is 1. The van der Waals surface area contributed by atoms with Crippen LogP contribution in [-0.4, -0.2) is 27.2 Å². The maximum atomic E-state index is 10.6. The number of hydrogen-bond donors (Lipinski definition) is 4. The fourth-order valence-electron chi connectivity index (χ4n) is 4.05. The van der Waals surface area contributed by atoms with Gasteiger partial charge in [-0.25, -0.2) is 9.78 Å². The van der Waals surface area contributed by atoms with Gasteiger partial charge in [0.1, 0.15) is 5.82 Å². The van der Waals surface area contributed by atoms with Gasteiger partial charge in [-0.05, 0) is 59.0 Å². The van der Waals surface area contributed by atoms with E-state index < -0.39 is 12.1 Å². The largest absolute Gasteiger partial charge is 0.490 e. The molecule has 0 amide bonds. The number of aliphatic carboxylic acids is 1. The molecule has 0 unspecified atom stereocenters. The molecule has 0 aliphatic carbocycles. The number of rotatable bonds is 6. The topological polar surface area (TPSA) is 104 Å². The summed E-state index contributed by atoms with van der Waals surface area (Å²) in [5.74, 6) is -1.85. The molecule has 0 atom stereocenters. The highest BCUT2D eigenvalue weighted by Crippen LogP contribution is 2.26. The molecule has 0 saturated heterocycles. The summed E-state index contributed by atoms with van der Waals surface area (Å²) >= 11 is 0. The summed E-state index contributed by atoms with van der Waals surface area (Å²) in [4.78, 5) is 17.1. The lowest BCUT2D eigenvalue weighted by atomic mass is 10.0. The van der Waals surface area contributed by atoms with Gasteiger partial charge >= 0.3 is 12.1 Å². The third-order valence-electron chi connectivity index (χ3n) is 5.98. The van der Waals surface area contributed by atoms with E-state index in [-0.39, 0.29) is 0 Å². The van der Waals surface area contributed by atoms with Gasteiger partial charge in [0.2, 0.25) is 0 Å². The summed E-state index contributed by atoms with van der Waals surface area (Å²) in [7, 11) is 0. The van der Waals surface area contributed by atoms with E-state index in [1.54, 1.807) is 0 Å². The molecular formula is C30H27F3N4O2. The van der Waals surface area contributed by atoms with Crippen LogP contribution in [0.3, 0.4) is 0 Å². The smallest absolute Gasteiger partial charge is 0.475 e. The van der Waals surface area contributed by atoms with Gasteiger partial charge in [0, 0.05) is 24.3 Å². The molecule has 200 valence electrons. The Morgan fingerprint density at radius 3 is 2.08 bits per heavy atom. The SMILES string of the molecule is Cc1cccc2[nH]c(-c3ccc(-c4cccc(CNCc5cccc(N)c5)c4)cc3)nc12.O=C(O)C(F)(F)F. The summed E-state index contributed by atoms with van der Waals surface area (Å²) in [5, 5.41) is 10.6. The maximum Gasteiger partial charge on any atom is 0.490 e. The molecule has 0 spiro atoms. The van der Waals surface area contributed by atoms with E-state index in [9.17, 15) is 13.2 Å². The number of aromatic amines is 1. The number of carbonyl (C=O) groups is 1. The summed E-state index contributed by atoms with van der Waals surface area (Å²) in [6.07, 6.45) is -5.08. The highest BCUT2D eigenvalue weighted by Gasteiger charge is 2.38. The first-order valence-electron chi connectivity index (χ1n) is 12.1. The number of hydrogen-bond acceptors (Lipinski definition) is 4. The summed E-state index contributed by atoms with van der Waals surface area (Å²) in [6, 6.07) is 31.5. The third-order valence-corrected chi connectivity index (χ3v) is 5.98. The Labute approximate surface area is 223 Å². The minimum Gasteiger partial charge on any atom is -0.475 e. The van der Waals surface area contributed by atoms with E-state index in [0.29, 0.717) is 0 Å². The predicted molar refractivity (Wildman–Crippen MR) is 147 cm³/mol. The van der Waals surface area contributed by atoms with Gasteiger partial charge in [-0.15, -0.1) is 0 Å². The molecule has 5 aromatic rings. The van der Waals surface area contributed by atoms with E-state index in [0.717, 1.165) is 41.2 Å². The van der Waals surface area contributed by atoms with E-state index in [1.165, 1.54) is 27.8 Å². The molecule has 5 rings (SSSR count).